The lowest BCUT2D eigenvalue weighted by molar-refractivity contribution is 0.389. The number of hydrogen-bond donors (Lipinski definition) is 0. The van der Waals surface area contributed by atoms with E-state index in [0.717, 1.165) is 15.8 Å². The number of thioether (sulfide) groups is 1. The highest BCUT2D eigenvalue weighted by Gasteiger charge is 2.39. The van der Waals surface area contributed by atoms with Crippen molar-refractivity contribution in [2.24, 2.45) is 0 Å². The fourth-order valence-electron chi connectivity index (χ4n) is 2.70. The summed E-state index contributed by atoms with van der Waals surface area (Å²) in [5, 5.41) is -0.246. The summed E-state index contributed by atoms with van der Waals surface area (Å²) in [5.41, 5.74) is 0.839. The number of halogens is 1. The summed E-state index contributed by atoms with van der Waals surface area (Å²) >= 11 is 5.05. The van der Waals surface area contributed by atoms with Gasteiger partial charge in [0.25, 0.3) is 10.0 Å². The van der Waals surface area contributed by atoms with Crippen LogP contribution >= 0.6 is 27.7 Å². The number of hydrogen-bond acceptors (Lipinski definition) is 5. The summed E-state index contributed by atoms with van der Waals surface area (Å²) in [6, 6.07) is 5.80. The summed E-state index contributed by atoms with van der Waals surface area (Å²) in [7, 11) is -2.08. The minimum Gasteiger partial charge on any atom is -0.496 e. The Morgan fingerprint density at radius 2 is 2.16 bits per heavy atom. The third kappa shape index (κ3) is 3.60. The third-order valence-corrected chi connectivity index (χ3v) is 7.67. The van der Waals surface area contributed by atoms with Crippen molar-refractivity contribution >= 4 is 37.7 Å². The lowest BCUT2D eigenvalue weighted by Gasteiger charge is -2.24. The quantitative estimate of drug-likeness (QED) is 0.702. The molecule has 1 aliphatic rings. The van der Waals surface area contributed by atoms with Crippen LogP contribution in [0.2, 0.25) is 0 Å². The normalized spacial score (nSPS) is 18.8. The van der Waals surface area contributed by atoms with Gasteiger partial charge in [-0.25, -0.2) is 13.4 Å². The first-order valence-corrected chi connectivity index (χ1v) is 11.1. The van der Waals surface area contributed by atoms with Crippen molar-refractivity contribution in [3.8, 4) is 5.75 Å². The van der Waals surface area contributed by atoms with E-state index in [4.69, 9.17) is 4.74 Å². The molecule has 0 saturated carbocycles. The number of benzene rings is 1. The number of imidazole rings is 1. The zero-order valence-electron chi connectivity index (χ0n) is 14.2. The molecule has 2 aromatic rings. The van der Waals surface area contributed by atoms with Crippen molar-refractivity contribution in [1.29, 1.82) is 0 Å². The molecule has 1 atom stereocenters. The van der Waals surface area contributed by atoms with Crippen LogP contribution in [-0.2, 0) is 10.0 Å². The van der Waals surface area contributed by atoms with Crippen molar-refractivity contribution in [3.63, 3.8) is 0 Å². The smallest absolute Gasteiger partial charge is 0.263 e. The highest BCUT2D eigenvalue weighted by molar-refractivity contribution is 9.10. The predicted octanol–water partition coefficient (Wildman–Crippen LogP) is 3.67. The minimum atomic E-state index is -3.68. The average Bonchev–Trinajstić information content (AvgIpc) is 3.24. The van der Waals surface area contributed by atoms with Crippen LogP contribution in [-0.4, -0.2) is 41.7 Å². The van der Waals surface area contributed by atoms with E-state index in [-0.39, 0.29) is 16.4 Å². The van der Waals surface area contributed by atoms with Gasteiger partial charge >= 0.3 is 0 Å². The molecule has 6 nitrogen and oxygen atoms in total. The number of ether oxygens (including phenoxy) is 1. The number of sulfonamides is 1. The van der Waals surface area contributed by atoms with Gasteiger partial charge < -0.3 is 9.30 Å². The van der Waals surface area contributed by atoms with Crippen LogP contribution in [0.1, 0.15) is 30.8 Å². The molecule has 3 rings (SSSR count). The van der Waals surface area contributed by atoms with E-state index >= 15 is 0 Å². The molecule has 1 unspecified atom stereocenters. The number of methoxy groups -OCH3 is 1. The second kappa shape index (κ2) is 7.30. The maximum Gasteiger partial charge on any atom is 0.263 e. The standard InChI is InChI=1S/C16H20BrN3O3S2/c1-11(2)19-9-15(18-10-19)25(21,22)20-6-7-24-16(20)13-8-12(17)4-5-14(13)23-3/h4-5,8-11,16H,6-7H2,1-3H3. The van der Waals surface area contributed by atoms with Crippen LogP contribution in [0.25, 0.3) is 0 Å². The Balaban J connectivity index is 1.99. The largest absolute Gasteiger partial charge is 0.496 e. The zero-order valence-corrected chi connectivity index (χ0v) is 17.4. The summed E-state index contributed by atoms with van der Waals surface area (Å²) < 4.78 is 35.9. The molecular weight excluding hydrogens is 426 g/mol. The van der Waals surface area contributed by atoms with Gasteiger partial charge in [-0.1, -0.05) is 15.9 Å². The Morgan fingerprint density at radius 1 is 1.40 bits per heavy atom. The summed E-state index contributed by atoms with van der Waals surface area (Å²) in [4.78, 5) is 4.13. The molecule has 1 saturated heterocycles. The van der Waals surface area contributed by atoms with Crippen LogP contribution in [0.3, 0.4) is 0 Å². The van der Waals surface area contributed by atoms with Crippen LogP contribution in [0.4, 0.5) is 0 Å². The Labute approximate surface area is 160 Å². The van der Waals surface area contributed by atoms with Crippen molar-refractivity contribution in [2.45, 2.75) is 30.3 Å². The monoisotopic (exact) mass is 445 g/mol. The molecule has 136 valence electrons. The second-order valence-corrected chi connectivity index (χ2v) is 9.92. The van der Waals surface area contributed by atoms with E-state index in [1.165, 1.54) is 4.31 Å². The first kappa shape index (κ1) is 18.8. The lowest BCUT2D eigenvalue weighted by atomic mass is 10.2. The molecule has 2 heterocycles. The van der Waals surface area contributed by atoms with Crippen LogP contribution in [0.5, 0.6) is 5.75 Å². The summed E-state index contributed by atoms with van der Waals surface area (Å²) in [6.07, 6.45) is 3.16. The maximum atomic E-state index is 13.1. The lowest BCUT2D eigenvalue weighted by Crippen LogP contribution is -2.31. The molecule has 1 aromatic heterocycles. The third-order valence-electron chi connectivity index (χ3n) is 4.05. The zero-order chi connectivity index (χ0) is 18.2. The van der Waals surface area contributed by atoms with Gasteiger partial charge in [-0.2, -0.15) is 4.31 Å². The van der Waals surface area contributed by atoms with E-state index in [2.05, 4.69) is 20.9 Å². The molecule has 0 spiro atoms. The van der Waals surface area contributed by atoms with Gasteiger partial charge in [0.2, 0.25) is 0 Å². The molecule has 0 aliphatic carbocycles. The van der Waals surface area contributed by atoms with Crippen molar-refractivity contribution in [1.82, 2.24) is 13.9 Å². The molecule has 9 heteroatoms. The van der Waals surface area contributed by atoms with E-state index in [9.17, 15) is 8.42 Å². The van der Waals surface area contributed by atoms with Gasteiger partial charge in [-0.3, -0.25) is 0 Å². The highest BCUT2D eigenvalue weighted by atomic mass is 79.9. The fourth-order valence-corrected chi connectivity index (χ4v) is 6.25. The fraction of sp³-hybridized carbons (Fsp3) is 0.438. The molecule has 1 aliphatic heterocycles. The average molecular weight is 446 g/mol. The Bertz CT molecular complexity index is 867. The SMILES string of the molecule is COc1ccc(Br)cc1C1SCCN1S(=O)(=O)c1cn(C(C)C)cn1. The Kier molecular flexibility index (Phi) is 5.48. The Morgan fingerprint density at radius 3 is 2.80 bits per heavy atom. The van der Waals surface area contributed by atoms with E-state index in [0.29, 0.717) is 12.3 Å². The maximum absolute atomic E-state index is 13.1. The number of nitrogens with zero attached hydrogens (tertiary/aromatic N) is 3. The highest BCUT2D eigenvalue weighted by Crippen LogP contribution is 2.45. The van der Waals surface area contributed by atoms with E-state index < -0.39 is 10.0 Å². The number of aromatic nitrogens is 2. The first-order chi connectivity index (χ1) is 11.8. The summed E-state index contributed by atoms with van der Waals surface area (Å²) in [5.74, 6) is 1.40. The van der Waals surface area contributed by atoms with Gasteiger partial charge in [-0.15, -0.1) is 11.8 Å². The van der Waals surface area contributed by atoms with Gasteiger partial charge in [0.1, 0.15) is 5.75 Å². The summed E-state index contributed by atoms with van der Waals surface area (Å²) in [6.45, 7) is 4.42. The van der Waals surface area contributed by atoms with Gasteiger partial charge in [0.05, 0.1) is 18.8 Å². The first-order valence-electron chi connectivity index (χ1n) is 7.85. The molecular formula is C16H20BrN3O3S2. The molecule has 0 radical (unpaired) electrons. The van der Waals surface area contributed by atoms with Crippen LogP contribution in [0.15, 0.2) is 40.2 Å². The van der Waals surface area contributed by atoms with E-state index in [1.807, 2.05) is 32.0 Å². The van der Waals surface area contributed by atoms with Gasteiger partial charge in [0, 0.05) is 34.6 Å². The molecule has 1 aromatic carbocycles. The predicted molar refractivity (Wildman–Crippen MR) is 102 cm³/mol. The van der Waals surface area contributed by atoms with Gasteiger partial charge in [0.15, 0.2) is 5.03 Å². The van der Waals surface area contributed by atoms with Gasteiger partial charge in [-0.05, 0) is 32.0 Å². The Hall–Kier alpha value is -1.03. The topological polar surface area (TPSA) is 64.4 Å². The van der Waals surface area contributed by atoms with Crippen molar-refractivity contribution in [3.05, 3.63) is 40.8 Å². The number of rotatable bonds is 5. The second-order valence-electron chi connectivity index (χ2n) is 5.98. The molecule has 0 bridgehead atoms. The molecule has 1 fully saturated rings. The van der Waals surface area contributed by atoms with Crippen LogP contribution < -0.4 is 4.74 Å². The van der Waals surface area contributed by atoms with Crippen molar-refractivity contribution < 1.29 is 13.2 Å². The molecule has 25 heavy (non-hydrogen) atoms. The van der Waals surface area contributed by atoms with Crippen LogP contribution in [0, 0.1) is 0 Å². The van der Waals surface area contributed by atoms with Crippen molar-refractivity contribution in [2.75, 3.05) is 19.4 Å². The molecule has 0 N–H and O–H groups in total. The minimum absolute atomic E-state index is 0.0858. The molecule has 0 amide bonds. The van der Waals surface area contributed by atoms with E-state index in [1.54, 1.807) is 36.0 Å².